The molecule has 0 amide bonds. The van der Waals surface area contributed by atoms with Crippen molar-refractivity contribution in [1.82, 2.24) is 0 Å². The van der Waals surface area contributed by atoms with Gasteiger partial charge >= 0.3 is 0 Å². The number of hydrogen-bond donors (Lipinski definition) is 2. The monoisotopic (exact) mass is 145 g/mol. The predicted octanol–water partition coefficient (Wildman–Crippen LogP) is 0.803. The Morgan fingerprint density at radius 3 is 2.11 bits per heavy atom. The smallest absolute Gasteiger partial charge is 0.0777 e. The third-order valence-electron chi connectivity index (χ3n) is 1.70. The van der Waals surface area contributed by atoms with E-state index in [9.17, 15) is 0 Å². The largest absolute Gasteiger partial charge is 0.391 e. The molecule has 0 aromatic heterocycles. The molecule has 0 aromatic carbocycles. The molecule has 1 unspecified atom stereocenters. The summed E-state index contributed by atoms with van der Waals surface area (Å²) in [6.45, 7) is 4.18. The van der Waals surface area contributed by atoms with Crippen molar-refractivity contribution >= 4 is 15.0 Å². The van der Waals surface area contributed by atoms with Crippen molar-refractivity contribution in [2.45, 2.75) is 31.7 Å². The van der Waals surface area contributed by atoms with Gasteiger partial charge in [0.05, 0.1) is 14.5 Å². The average Bonchev–Trinajstić information content (AvgIpc) is 1.90. The van der Waals surface area contributed by atoms with E-state index in [0.717, 1.165) is 12.1 Å². The SMILES string of the molecule is CC[SiH](CC)C(O)C=N. The summed E-state index contributed by atoms with van der Waals surface area (Å²) in [5.74, 6) is 0. The van der Waals surface area contributed by atoms with Crippen LogP contribution in [0.15, 0.2) is 0 Å². The normalized spacial score (nSPS) is 13.8. The molecule has 0 spiro atoms. The number of aliphatic hydroxyl groups is 1. The van der Waals surface area contributed by atoms with Gasteiger partial charge in [0.2, 0.25) is 0 Å². The lowest BCUT2D eigenvalue weighted by Gasteiger charge is -2.12. The Bertz CT molecular complexity index is 83.1. The molecule has 0 aliphatic rings. The summed E-state index contributed by atoms with van der Waals surface area (Å²) in [6, 6.07) is 2.18. The predicted molar refractivity (Wildman–Crippen MR) is 42.9 cm³/mol. The molecule has 9 heavy (non-hydrogen) atoms. The molecule has 0 saturated heterocycles. The van der Waals surface area contributed by atoms with Crippen LogP contribution >= 0.6 is 0 Å². The van der Waals surface area contributed by atoms with Crippen LogP contribution in [-0.2, 0) is 0 Å². The summed E-state index contributed by atoms with van der Waals surface area (Å²) in [5, 5.41) is 15.9. The van der Waals surface area contributed by atoms with Gasteiger partial charge in [-0.25, -0.2) is 0 Å². The average molecular weight is 145 g/mol. The van der Waals surface area contributed by atoms with Crippen LogP contribution in [0.2, 0.25) is 12.1 Å². The Kier molecular flexibility index (Phi) is 4.62. The molecule has 0 fully saturated rings. The summed E-state index contributed by atoms with van der Waals surface area (Å²) >= 11 is 0. The number of aliphatic hydroxyl groups excluding tert-OH is 1. The first-order chi connectivity index (χ1) is 4.26. The van der Waals surface area contributed by atoms with Gasteiger partial charge in [-0.2, -0.15) is 0 Å². The number of nitrogens with one attached hydrogen (secondary N) is 1. The second-order valence-electron chi connectivity index (χ2n) is 2.23. The third-order valence-corrected chi connectivity index (χ3v) is 4.96. The van der Waals surface area contributed by atoms with E-state index in [-0.39, 0.29) is 5.73 Å². The van der Waals surface area contributed by atoms with Crippen LogP contribution in [0.25, 0.3) is 0 Å². The summed E-state index contributed by atoms with van der Waals surface area (Å²) < 4.78 is 0. The zero-order valence-corrected chi connectivity index (χ0v) is 7.25. The first kappa shape index (κ1) is 8.85. The van der Waals surface area contributed by atoms with Gasteiger partial charge in [0.1, 0.15) is 0 Å². The zero-order chi connectivity index (χ0) is 7.28. The minimum absolute atomic E-state index is 0.389. The fraction of sp³-hybridized carbons (Fsp3) is 0.833. The van der Waals surface area contributed by atoms with Crippen molar-refractivity contribution in [3.05, 3.63) is 0 Å². The van der Waals surface area contributed by atoms with Crippen molar-refractivity contribution in [2.75, 3.05) is 0 Å². The molecule has 54 valence electrons. The molecule has 0 saturated carbocycles. The minimum atomic E-state index is -0.974. The van der Waals surface area contributed by atoms with Crippen LogP contribution < -0.4 is 0 Å². The molecule has 0 aromatic rings. The van der Waals surface area contributed by atoms with E-state index in [0.29, 0.717) is 0 Å². The fourth-order valence-corrected chi connectivity index (χ4v) is 2.72. The standard InChI is InChI=1S/C6H15NOSi/c1-3-9(4-2)6(8)5-7/h5-9H,3-4H2,1-2H3. The van der Waals surface area contributed by atoms with Crippen molar-refractivity contribution in [2.24, 2.45) is 0 Å². The van der Waals surface area contributed by atoms with Gasteiger partial charge in [-0.15, -0.1) is 0 Å². The van der Waals surface area contributed by atoms with Crippen LogP contribution in [0.4, 0.5) is 0 Å². The molecule has 0 aliphatic heterocycles. The van der Waals surface area contributed by atoms with Gasteiger partial charge in [-0.3, -0.25) is 0 Å². The van der Waals surface area contributed by atoms with Crippen molar-refractivity contribution in [3.63, 3.8) is 0 Å². The van der Waals surface area contributed by atoms with Gasteiger partial charge < -0.3 is 10.5 Å². The molecular formula is C6H15NOSi. The van der Waals surface area contributed by atoms with Crippen LogP contribution in [-0.4, -0.2) is 25.8 Å². The maximum atomic E-state index is 9.14. The Labute approximate surface area is 58.0 Å². The van der Waals surface area contributed by atoms with Crippen LogP contribution in [0.5, 0.6) is 0 Å². The van der Waals surface area contributed by atoms with Crippen molar-refractivity contribution in [1.29, 1.82) is 5.41 Å². The molecule has 0 rings (SSSR count). The van der Waals surface area contributed by atoms with Crippen LogP contribution in [0, 0.1) is 5.41 Å². The quantitative estimate of drug-likeness (QED) is 0.446. The van der Waals surface area contributed by atoms with E-state index >= 15 is 0 Å². The zero-order valence-electron chi connectivity index (χ0n) is 6.09. The highest BCUT2D eigenvalue weighted by atomic mass is 28.3. The van der Waals surface area contributed by atoms with E-state index in [2.05, 4.69) is 13.8 Å². The summed E-state index contributed by atoms with van der Waals surface area (Å²) in [4.78, 5) is 0. The van der Waals surface area contributed by atoms with E-state index in [1.54, 1.807) is 0 Å². The molecule has 0 radical (unpaired) electrons. The Morgan fingerprint density at radius 1 is 1.56 bits per heavy atom. The third kappa shape index (κ3) is 2.77. The Morgan fingerprint density at radius 2 is 2.00 bits per heavy atom. The van der Waals surface area contributed by atoms with Gasteiger partial charge in [0, 0.05) is 6.21 Å². The van der Waals surface area contributed by atoms with E-state index in [4.69, 9.17) is 10.5 Å². The molecule has 0 bridgehead atoms. The highest BCUT2D eigenvalue weighted by molar-refractivity contribution is 6.62. The second-order valence-corrected chi connectivity index (χ2v) is 6.07. The first-order valence-corrected chi connectivity index (χ1v) is 5.74. The minimum Gasteiger partial charge on any atom is -0.391 e. The molecule has 2 nitrogen and oxygen atoms in total. The van der Waals surface area contributed by atoms with Gasteiger partial charge in [-0.05, 0) is 0 Å². The Hall–Kier alpha value is -0.153. The molecular weight excluding hydrogens is 130 g/mol. The maximum Gasteiger partial charge on any atom is 0.0777 e. The van der Waals surface area contributed by atoms with Gasteiger partial charge in [0.25, 0.3) is 0 Å². The van der Waals surface area contributed by atoms with Crippen molar-refractivity contribution in [3.8, 4) is 0 Å². The number of rotatable bonds is 4. The maximum absolute atomic E-state index is 9.14. The molecule has 2 N–H and O–H groups in total. The van der Waals surface area contributed by atoms with Crippen LogP contribution in [0.1, 0.15) is 13.8 Å². The molecule has 0 heterocycles. The van der Waals surface area contributed by atoms with Crippen molar-refractivity contribution < 1.29 is 5.11 Å². The topological polar surface area (TPSA) is 44.1 Å². The van der Waals surface area contributed by atoms with E-state index < -0.39 is 8.80 Å². The van der Waals surface area contributed by atoms with E-state index in [1.807, 2.05) is 0 Å². The second kappa shape index (κ2) is 4.70. The molecule has 3 heteroatoms. The number of hydrogen-bond acceptors (Lipinski definition) is 2. The lowest BCUT2D eigenvalue weighted by atomic mass is 10.8. The van der Waals surface area contributed by atoms with Gasteiger partial charge in [0.15, 0.2) is 0 Å². The highest BCUT2D eigenvalue weighted by Crippen LogP contribution is 2.01. The fourth-order valence-electron chi connectivity index (χ4n) is 0.908. The summed E-state index contributed by atoms with van der Waals surface area (Å²) in [5.41, 5.74) is -0.389. The lowest BCUT2D eigenvalue weighted by Crippen LogP contribution is -2.29. The molecule has 1 atom stereocenters. The van der Waals surface area contributed by atoms with E-state index in [1.165, 1.54) is 6.21 Å². The highest BCUT2D eigenvalue weighted by Gasteiger charge is 2.13. The summed E-state index contributed by atoms with van der Waals surface area (Å²) in [7, 11) is -0.974. The van der Waals surface area contributed by atoms with Crippen LogP contribution in [0.3, 0.4) is 0 Å². The first-order valence-electron chi connectivity index (χ1n) is 3.44. The summed E-state index contributed by atoms with van der Waals surface area (Å²) in [6.07, 6.45) is 1.17. The lowest BCUT2D eigenvalue weighted by molar-refractivity contribution is 0.314. The molecule has 0 aliphatic carbocycles. The Balaban J connectivity index is 3.63. The van der Waals surface area contributed by atoms with Gasteiger partial charge in [-0.1, -0.05) is 25.9 Å².